The van der Waals surface area contributed by atoms with Crippen LogP contribution in [0.15, 0.2) is 0 Å². The Bertz CT molecular complexity index is 226. The summed E-state index contributed by atoms with van der Waals surface area (Å²) < 4.78 is 5.20. The third-order valence-electron chi connectivity index (χ3n) is 2.03. The van der Waals surface area contributed by atoms with Gasteiger partial charge in [0.2, 0.25) is 0 Å². The Morgan fingerprint density at radius 3 is 2.13 bits per heavy atom. The van der Waals surface area contributed by atoms with Crippen molar-refractivity contribution in [3.63, 3.8) is 0 Å². The van der Waals surface area contributed by atoms with Crippen LogP contribution < -0.4 is 0 Å². The van der Waals surface area contributed by atoms with Gasteiger partial charge in [0.15, 0.2) is 0 Å². The molecule has 0 aliphatic rings. The van der Waals surface area contributed by atoms with Crippen molar-refractivity contribution >= 4 is 11.8 Å². The van der Waals surface area contributed by atoms with E-state index in [1.807, 2.05) is 27.7 Å². The highest BCUT2D eigenvalue weighted by Gasteiger charge is 2.27. The normalized spacial score (nSPS) is 13.4. The molecular formula is C12H22O3. The predicted octanol–water partition coefficient (Wildman–Crippen LogP) is 2.72. The minimum atomic E-state index is -0.579. The second-order valence-corrected chi connectivity index (χ2v) is 4.84. The maximum absolute atomic E-state index is 11.7. The van der Waals surface area contributed by atoms with Gasteiger partial charge in [-0.05, 0) is 34.1 Å². The summed E-state index contributed by atoms with van der Waals surface area (Å²) in [6.07, 6.45) is 2.46. The Balaban J connectivity index is 4.36. The second kappa shape index (κ2) is 5.89. The Kier molecular flexibility index (Phi) is 5.55. The van der Waals surface area contributed by atoms with Crippen molar-refractivity contribution < 1.29 is 14.3 Å². The molecule has 0 N–H and O–H groups in total. The lowest BCUT2D eigenvalue weighted by Crippen LogP contribution is -2.31. The van der Waals surface area contributed by atoms with E-state index in [0.29, 0.717) is 6.42 Å². The first-order valence-corrected chi connectivity index (χ1v) is 5.51. The van der Waals surface area contributed by atoms with Crippen LogP contribution in [0.4, 0.5) is 0 Å². The molecule has 88 valence electrons. The number of esters is 1. The van der Waals surface area contributed by atoms with Crippen LogP contribution in [-0.2, 0) is 14.3 Å². The standard InChI is InChI=1S/C12H22O3/c1-6-7-8-10(9(2)13)11(14)15-12(3,4)5/h10H,6-8H2,1-5H3. The van der Waals surface area contributed by atoms with Crippen molar-refractivity contribution in [1.82, 2.24) is 0 Å². The Morgan fingerprint density at radius 1 is 1.27 bits per heavy atom. The quantitative estimate of drug-likeness (QED) is 0.522. The molecule has 15 heavy (non-hydrogen) atoms. The van der Waals surface area contributed by atoms with Crippen LogP contribution in [0, 0.1) is 5.92 Å². The molecule has 0 aromatic heterocycles. The van der Waals surface area contributed by atoms with Gasteiger partial charge in [0, 0.05) is 0 Å². The van der Waals surface area contributed by atoms with Gasteiger partial charge in [-0.3, -0.25) is 9.59 Å². The van der Waals surface area contributed by atoms with Crippen LogP contribution in [0.2, 0.25) is 0 Å². The first-order valence-electron chi connectivity index (χ1n) is 5.51. The van der Waals surface area contributed by atoms with E-state index in [2.05, 4.69) is 0 Å². The van der Waals surface area contributed by atoms with E-state index in [1.54, 1.807) is 0 Å². The van der Waals surface area contributed by atoms with E-state index in [-0.39, 0.29) is 11.8 Å². The van der Waals surface area contributed by atoms with Gasteiger partial charge in [0.05, 0.1) is 0 Å². The number of hydrogen-bond donors (Lipinski definition) is 0. The molecule has 1 atom stereocenters. The summed E-state index contributed by atoms with van der Waals surface area (Å²) in [7, 11) is 0. The van der Waals surface area contributed by atoms with Crippen LogP contribution in [-0.4, -0.2) is 17.4 Å². The summed E-state index contributed by atoms with van der Waals surface area (Å²) in [4.78, 5) is 22.9. The van der Waals surface area contributed by atoms with Crippen molar-refractivity contribution in [3.05, 3.63) is 0 Å². The maximum Gasteiger partial charge on any atom is 0.316 e. The molecule has 0 aromatic rings. The highest BCUT2D eigenvalue weighted by molar-refractivity contribution is 5.97. The van der Waals surface area contributed by atoms with Crippen LogP contribution in [0.3, 0.4) is 0 Å². The van der Waals surface area contributed by atoms with E-state index in [4.69, 9.17) is 4.74 Å². The number of rotatable bonds is 5. The van der Waals surface area contributed by atoms with Crippen molar-refractivity contribution in [2.24, 2.45) is 5.92 Å². The summed E-state index contributed by atoms with van der Waals surface area (Å²) >= 11 is 0. The van der Waals surface area contributed by atoms with Gasteiger partial charge in [-0.25, -0.2) is 0 Å². The predicted molar refractivity (Wildman–Crippen MR) is 59.5 cm³/mol. The van der Waals surface area contributed by atoms with E-state index >= 15 is 0 Å². The van der Waals surface area contributed by atoms with Gasteiger partial charge in [0.1, 0.15) is 17.3 Å². The average molecular weight is 214 g/mol. The SMILES string of the molecule is CCCCC(C(C)=O)C(=O)OC(C)(C)C. The summed E-state index contributed by atoms with van der Waals surface area (Å²) in [6, 6.07) is 0. The molecular weight excluding hydrogens is 192 g/mol. The lowest BCUT2D eigenvalue weighted by Gasteiger charge is -2.22. The van der Waals surface area contributed by atoms with Gasteiger partial charge in [-0.15, -0.1) is 0 Å². The number of carbonyl (C=O) groups excluding carboxylic acids is 2. The van der Waals surface area contributed by atoms with Crippen LogP contribution in [0.1, 0.15) is 53.9 Å². The van der Waals surface area contributed by atoms with Gasteiger partial charge in [0.25, 0.3) is 0 Å². The Morgan fingerprint density at radius 2 is 1.80 bits per heavy atom. The summed E-state index contributed by atoms with van der Waals surface area (Å²) in [5.74, 6) is -1.06. The number of ketones is 1. The monoisotopic (exact) mass is 214 g/mol. The number of hydrogen-bond acceptors (Lipinski definition) is 3. The molecule has 0 spiro atoms. The van der Waals surface area contributed by atoms with Gasteiger partial charge in [-0.1, -0.05) is 19.8 Å². The lowest BCUT2D eigenvalue weighted by molar-refractivity contribution is -0.162. The molecule has 0 amide bonds. The van der Waals surface area contributed by atoms with E-state index < -0.39 is 11.5 Å². The largest absolute Gasteiger partial charge is 0.459 e. The lowest BCUT2D eigenvalue weighted by atomic mass is 9.98. The molecule has 3 nitrogen and oxygen atoms in total. The zero-order valence-corrected chi connectivity index (χ0v) is 10.4. The van der Waals surface area contributed by atoms with Crippen molar-refractivity contribution in [2.75, 3.05) is 0 Å². The number of ether oxygens (including phenoxy) is 1. The molecule has 0 rings (SSSR count). The minimum absolute atomic E-state index is 0.0994. The maximum atomic E-state index is 11.7. The molecule has 0 radical (unpaired) electrons. The molecule has 0 saturated heterocycles. The first-order chi connectivity index (χ1) is 6.78. The zero-order chi connectivity index (χ0) is 12.1. The molecule has 0 heterocycles. The van der Waals surface area contributed by atoms with E-state index in [0.717, 1.165) is 12.8 Å². The third-order valence-corrected chi connectivity index (χ3v) is 2.03. The molecule has 0 bridgehead atoms. The second-order valence-electron chi connectivity index (χ2n) is 4.84. The zero-order valence-electron chi connectivity index (χ0n) is 10.4. The number of unbranched alkanes of at least 4 members (excludes halogenated alkanes) is 1. The van der Waals surface area contributed by atoms with Crippen LogP contribution >= 0.6 is 0 Å². The summed E-state index contributed by atoms with van der Waals surface area (Å²) in [5.41, 5.74) is -0.517. The molecule has 0 aliphatic carbocycles. The van der Waals surface area contributed by atoms with Crippen molar-refractivity contribution in [3.8, 4) is 0 Å². The number of carbonyl (C=O) groups is 2. The van der Waals surface area contributed by atoms with E-state index in [1.165, 1.54) is 6.92 Å². The third kappa shape index (κ3) is 6.26. The molecule has 0 saturated carbocycles. The van der Waals surface area contributed by atoms with Crippen molar-refractivity contribution in [1.29, 1.82) is 0 Å². The smallest absolute Gasteiger partial charge is 0.316 e. The minimum Gasteiger partial charge on any atom is -0.459 e. The summed E-state index contributed by atoms with van der Waals surface area (Å²) in [5, 5.41) is 0. The molecule has 0 aliphatic heterocycles. The van der Waals surface area contributed by atoms with Gasteiger partial charge >= 0.3 is 5.97 Å². The van der Waals surface area contributed by atoms with Crippen molar-refractivity contribution in [2.45, 2.75) is 59.5 Å². The van der Waals surface area contributed by atoms with Gasteiger partial charge < -0.3 is 4.74 Å². The Hall–Kier alpha value is -0.860. The van der Waals surface area contributed by atoms with Gasteiger partial charge in [-0.2, -0.15) is 0 Å². The fraction of sp³-hybridized carbons (Fsp3) is 0.833. The number of Topliss-reactive ketones (excluding diaryl/α,β-unsaturated/α-hetero) is 1. The molecule has 1 unspecified atom stereocenters. The molecule has 3 heteroatoms. The highest BCUT2D eigenvalue weighted by atomic mass is 16.6. The first kappa shape index (κ1) is 14.1. The molecule has 0 fully saturated rings. The summed E-state index contributed by atoms with van der Waals surface area (Å²) in [6.45, 7) is 8.91. The topological polar surface area (TPSA) is 43.4 Å². The average Bonchev–Trinajstić information content (AvgIpc) is 2.00. The van der Waals surface area contributed by atoms with E-state index in [9.17, 15) is 9.59 Å². The Labute approximate surface area is 92.2 Å². The van der Waals surface area contributed by atoms with Crippen LogP contribution in [0.25, 0.3) is 0 Å². The molecule has 0 aromatic carbocycles. The fourth-order valence-electron chi connectivity index (χ4n) is 1.27. The van der Waals surface area contributed by atoms with Crippen LogP contribution in [0.5, 0.6) is 0 Å². The fourth-order valence-corrected chi connectivity index (χ4v) is 1.27. The highest BCUT2D eigenvalue weighted by Crippen LogP contribution is 2.16.